The second kappa shape index (κ2) is 61.4. The second-order valence-corrected chi connectivity index (χ2v) is 21.0. The van der Waals surface area contributed by atoms with Crippen LogP contribution in [0.4, 0.5) is 0 Å². The number of carbonyl (C=O) groups excluding carboxylic acids is 3. The van der Waals surface area contributed by atoms with Crippen LogP contribution < -0.4 is 0 Å². The maximum Gasteiger partial charge on any atom is 0.306 e. The predicted octanol–water partition coefficient (Wildman–Crippen LogP) is 21.3. The Balaban J connectivity index is 4.19. The van der Waals surface area contributed by atoms with Gasteiger partial charge in [-0.05, 0) is 109 Å². The fraction of sp³-hybridized carbons (Fsp3) is 0.776. The van der Waals surface area contributed by atoms with E-state index in [2.05, 4.69) is 93.7 Å². The highest BCUT2D eigenvalue weighted by molar-refractivity contribution is 5.71. The number of esters is 3. The van der Waals surface area contributed by atoms with Crippen molar-refractivity contribution in [2.45, 2.75) is 322 Å². The van der Waals surface area contributed by atoms with E-state index in [4.69, 9.17) is 14.2 Å². The van der Waals surface area contributed by atoms with Gasteiger partial charge in [-0.25, -0.2) is 0 Å². The zero-order chi connectivity index (χ0) is 52.9. The minimum Gasteiger partial charge on any atom is -0.462 e. The van der Waals surface area contributed by atoms with Gasteiger partial charge in [-0.1, -0.05) is 261 Å². The molecule has 0 saturated carbocycles. The van der Waals surface area contributed by atoms with Gasteiger partial charge in [0.25, 0.3) is 0 Å². The van der Waals surface area contributed by atoms with Crippen LogP contribution in [-0.4, -0.2) is 37.2 Å². The number of ether oxygens (including phenoxy) is 3. The van der Waals surface area contributed by atoms with Gasteiger partial charge in [0.1, 0.15) is 13.2 Å². The Hall–Kier alpha value is -3.15. The molecule has 0 amide bonds. The van der Waals surface area contributed by atoms with Crippen LogP contribution in [0.2, 0.25) is 0 Å². The van der Waals surface area contributed by atoms with Gasteiger partial charge in [0.2, 0.25) is 0 Å². The van der Waals surface area contributed by atoms with Gasteiger partial charge in [0, 0.05) is 19.3 Å². The molecule has 6 heteroatoms. The first-order valence-electron chi connectivity index (χ1n) is 31.4. The van der Waals surface area contributed by atoms with Crippen LogP contribution in [-0.2, 0) is 28.6 Å². The Bertz CT molecular complexity index is 1360. The van der Waals surface area contributed by atoms with E-state index in [1.165, 1.54) is 173 Å². The predicted molar refractivity (Wildman–Crippen MR) is 316 cm³/mol. The van der Waals surface area contributed by atoms with Gasteiger partial charge < -0.3 is 14.2 Å². The van der Waals surface area contributed by atoms with E-state index >= 15 is 0 Å². The molecule has 422 valence electrons. The van der Waals surface area contributed by atoms with Crippen molar-refractivity contribution in [2.75, 3.05) is 13.2 Å². The maximum atomic E-state index is 12.8. The third-order valence-electron chi connectivity index (χ3n) is 13.7. The van der Waals surface area contributed by atoms with Crippen molar-refractivity contribution in [2.24, 2.45) is 0 Å². The van der Waals surface area contributed by atoms with Crippen LogP contribution in [0.1, 0.15) is 316 Å². The topological polar surface area (TPSA) is 78.9 Å². The summed E-state index contributed by atoms with van der Waals surface area (Å²) in [6, 6.07) is 0. The lowest BCUT2D eigenvalue weighted by Crippen LogP contribution is -2.30. The van der Waals surface area contributed by atoms with Crippen LogP contribution in [0.25, 0.3) is 0 Å². The van der Waals surface area contributed by atoms with Crippen LogP contribution in [0.5, 0.6) is 0 Å². The summed E-state index contributed by atoms with van der Waals surface area (Å²) in [5.74, 6) is -0.897. The molecule has 0 spiro atoms. The van der Waals surface area contributed by atoms with Gasteiger partial charge >= 0.3 is 17.9 Å². The van der Waals surface area contributed by atoms with Crippen molar-refractivity contribution < 1.29 is 28.6 Å². The average Bonchev–Trinajstić information content (AvgIpc) is 3.39. The quantitative estimate of drug-likeness (QED) is 0.0261. The van der Waals surface area contributed by atoms with Crippen LogP contribution in [0, 0.1) is 0 Å². The normalized spacial score (nSPS) is 12.5. The summed E-state index contributed by atoms with van der Waals surface area (Å²) < 4.78 is 16.9. The fourth-order valence-electron chi connectivity index (χ4n) is 8.87. The van der Waals surface area contributed by atoms with Crippen molar-refractivity contribution in [3.63, 3.8) is 0 Å². The molecule has 73 heavy (non-hydrogen) atoms. The Labute approximate surface area is 453 Å². The SMILES string of the molecule is CCCC/C=C\CCCCCCCC(=O)OCC(COC(=O)CCCCCCCCCCCCCCCC/C=C\C/C=C\C/C=C\CCCCCCC)OC(=O)CCCCCCC/C=C\C/C=C\CCCCC. The molecular weight excluding hydrogens is 901 g/mol. The average molecular weight is 1020 g/mol. The summed E-state index contributed by atoms with van der Waals surface area (Å²) in [5.41, 5.74) is 0. The highest BCUT2D eigenvalue weighted by Gasteiger charge is 2.19. The Morgan fingerprint density at radius 2 is 0.507 bits per heavy atom. The molecule has 0 radical (unpaired) electrons. The molecular formula is C67H118O6. The highest BCUT2D eigenvalue weighted by atomic mass is 16.6. The van der Waals surface area contributed by atoms with Gasteiger partial charge in [0.05, 0.1) is 0 Å². The molecule has 6 nitrogen and oxygen atoms in total. The molecule has 0 N–H and O–H groups in total. The first-order valence-corrected chi connectivity index (χ1v) is 31.4. The smallest absolute Gasteiger partial charge is 0.306 e. The summed E-state index contributed by atoms with van der Waals surface area (Å²) in [6.45, 7) is 6.57. The van der Waals surface area contributed by atoms with Gasteiger partial charge in [-0.2, -0.15) is 0 Å². The molecule has 0 heterocycles. The van der Waals surface area contributed by atoms with E-state index in [1.54, 1.807) is 0 Å². The van der Waals surface area contributed by atoms with Crippen molar-refractivity contribution >= 4 is 17.9 Å². The van der Waals surface area contributed by atoms with Gasteiger partial charge in [0.15, 0.2) is 6.10 Å². The molecule has 0 aromatic rings. The van der Waals surface area contributed by atoms with Crippen LogP contribution in [0.15, 0.2) is 72.9 Å². The number of hydrogen-bond donors (Lipinski definition) is 0. The lowest BCUT2D eigenvalue weighted by Gasteiger charge is -2.18. The molecule has 0 aromatic carbocycles. The molecule has 0 aromatic heterocycles. The summed E-state index contributed by atoms with van der Waals surface area (Å²) in [5, 5.41) is 0. The summed E-state index contributed by atoms with van der Waals surface area (Å²) in [6.07, 6.45) is 79.2. The third-order valence-corrected chi connectivity index (χ3v) is 13.7. The summed E-state index contributed by atoms with van der Waals surface area (Å²) in [7, 11) is 0. The van der Waals surface area contributed by atoms with Crippen molar-refractivity contribution in [3.05, 3.63) is 72.9 Å². The van der Waals surface area contributed by atoms with E-state index in [0.29, 0.717) is 19.3 Å². The number of rotatable bonds is 57. The molecule has 0 saturated heterocycles. The van der Waals surface area contributed by atoms with Crippen molar-refractivity contribution in [1.82, 2.24) is 0 Å². The van der Waals surface area contributed by atoms with Crippen LogP contribution in [0.3, 0.4) is 0 Å². The minimum absolute atomic E-state index is 0.0825. The van der Waals surface area contributed by atoms with Crippen molar-refractivity contribution in [1.29, 1.82) is 0 Å². The Morgan fingerprint density at radius 3 is 0.849 bits per heavy atom. The van der Waals surface area contributed by atoms with E-state index in [0.717, 1.165) is 103 Å². The minimum atomic E-state index is -0.785. The highest BCUT2D eigenvalue weighted by Crippen LogP contribution is 2.16. The lowest BCUT2D eigenvalue weighted by atomic mass is 10.0. The lowest BCUT2D eigenvalue weighted by molar-refractivity contribution is -0.167. The zero-order valence-corrected chi connectivity index (χ0v) is 48.4. The Morgan fingerprint density at radius 1 is 0.274 bits per heavy atom. The van der Waals surface area contributed by atoms with E-state index in [9.17, 15) is 14.4 Å². The van der Waals surface area contributed by atoms with Gasteiger partial charge in [-0.3, -0.25) is 14.4 Å². The molecule has 0 aliphatic carbocycles. The molecule has 0 bridgehead atoms. The molecule has 0 fully saturated rings. The van der Waals surface area contributed by atoms with Crippen molar-refractivity contribution in [3.8, 4) is 0 Å². The number of unbranched alkanes of at least 4 members (excludes halogenated alkanes) is 34. The Kier molecular flexibility index (Phi) is 58.7. The summed E-state index contributed by atoms with van der Waals surface area (Å²) >= 11 is 0. The second-order valence-electron chi connectivity index (χ2n) is 21.0. The number of carbonyl (C=O) groups is 3. The van der Waals surface area contributed by atoms with Gasteiger partial charge in [-0.15, -0.1) is 0 Å². The van der Waals surface area contributed by atoms with Crippen LogP contribution >= 0.6 is 0 Å². The standard InChI is InChI=1S/C67H118O6/c1-4-7-10-13-16-19-22-24-26-27-28-29-30-31-32-33-34-35-36-37-38-39-41-42-45-48-51-54-57-60-66(69)72-63-64(62-71-65(68)59-56-53-50-47-44-21-18-15-12-9-6-3)73-67(70)61-58-55-52-49-46-43-40-25-23-20-17-14-11-8-5-2/h15,17-18,20,22,24-25,27-28,30-31,40,64H,4-14,16,19,21,23,26,29,32-39,41-63H2,1-3H3/b18-15-,20-17-,24-22-,28-27-,31-30-,40-25-. The molecule has 1 unspecified atom stereocenters. The number of hydrogen-bond acceptors (Lipinski definition) is 6. The maximum absolute atomic E-state index is 12.8. The van der Waals surface area contributed by atoms with E-state index in [-0.39, 0.29) is 31.1 Å². The summed E-state index contributed by atoms with van der Waals surface area (Å²) in [4.78, 5) is 38.2. The molecule has 1 atom stereocenters. The number of allylic oxidation sites excluding steroid dienone is 12. The molecule has 0 rings (SSSR count). The first-order chi connectivity index (χ1) is 36.0. The van der Waals surface area contributed by atoms with E-state index < -0.39 is 6.10 Å². The fourth-order valence-corrected chi connectivity index (χ4v) is 8.87. The molecule has 0 aliphatic heterocycles. The monoisotopic (exact) mass is 1020 g/mol. The molecule has 0 aliphatic rings. The zero-order valence-electron chi connectivity index (χ0n) is 48.4. The first kappa shape index (κ1) is 69.8. The largest absolute Gasteiger partial charge is 0.462 e. The third kappa shape index (κ3) is 59.6. The van der Waals surface area contributed by atoms with E-state index in [1.807, 2.05) is 0 Å².